The van der Waals surface area contributed by atoms with Crippen LogP contribution in [0.3, 0.4) is 0 Å². The maximum Gasteiger partial charge on any atom is 0.311 e. The lowest BCUT2D eigenvalue weighted by molar-refractivity contribution is -0.139. The van der Waals surface area contributed by atoms with E-state index in [0.717, 1.165) is 0 Å². The molecule has 0 radical (unpaired) electrons. The summed E-state index contributed by atoms with van der Waals surface area (Å²) in [6, 6.07) is 5.35. The topological polar surface area (TPSA) is 72.1 Å². The molecular weight excluding hydrogens is 331 g/mol. The van der Waals surface area contributed by atoms with Crippen LogP contribution in [-0.4, -0.2) is 23.0 Å². The summed E-state index contributed by atoms with van der Waals surface area (Å²) in [5, 5.41) is 0.660. The molecule has 0 unspecified atom stereocenters. The number of nitrogens with one attached hydrogen (secondary N) is 1. The van der Waals surface area contributed by atoms with Crippen molar-refractivity contribution in [2.24, 2.45) is 0 Å². The van der Waals surface area contributed by atoms with E-state index < -0.39 is 11.8 Å². The van der Waals surface area contributed by atoms with Crippen LogP contribution in [0.1, 0.15) is 11.3 Å². The number of esters is 1. The molecule has 0 atom stereocenters. The van der Waals surface area contributed by atoms with Crippen molar-refractivity contribution in [2.45, 2.75) is 17.3 Å². The molecule has 0 amide bonds. The van der Waals surface area contributed by atoms with Gasteiger partial charge in [-0.1, -0.05) is 29.4 Å². The average Bonchev–Trinajstić information content (AvgIpc) is 2.45. The summed E-state index contributed by atoms with van der Waals surface area (Å²) in [6.07, 6.45) is -0.0781. The highest BCUT2D eigenvalue weighted by Gasteiger charge is 2.09. The second kappa shape index (κ2) is 7.42. The van der Waals surface area contributed by atoms with E-state index in [1.54, 1.807) is 6.07 Å². The van der Waals surface area contributed by atoms with Crippen LogP contribution in [0.2, 0.25) is 5.02 Å². The van der Waals surface area contributed by atoms with Gasteiger partial charge in [0.2, 0.25) is 0 Å². The predicted molar refractivity (Wildman–Crippen MR) is 81.5 cm³/mol. The van der Waals surface area contributed by atoms with Gasteiger partial charge in [0.05, 0.1) is 19.2 Å². The highest BCUT2D eigenvalue weighted by Crippen LogP contribution is 2.25. The largest absolute Gasteiger partial charge is 0.469 e. The minimum Gasteiger partial charge on any atom is -0.469 e. The number of carbonyl (C=O) groups excluding carboxylic acids is 1. The predicted octanol–water partition coefficient (Wildman–Crippen LogP) is 2.57. The number of carbonyl (C=O) groups is 1. The summed E-state index contributed by atoms with van der Waals surface area (Å²) in [6.45, 7) is 0. The molecule has 0 spiro atoms. The number of ether oxygens (including phenoxy) is 1. The molecular formula is C14H12ClFN2O3S. The van der Waals surface area contributed by atoms with E-state index >= 15 is 0 Å². The van der Waals surface area contributed by atoms with E-state index in [0.29, 0.717) is 27.2 Å². The fraction of sp³-hybridized carbons (Fsp3) is 0.214. The molecule has 2 rings (SSSR count). The second-order valence-electron chi connectivity index (χ2n) is 4.32. The molecule has 1 N–H and O–H groups in total. The van der Waals surface area contributed by atoms with Gasteiger partial charge >= 0.3 is 5.97 Å². The summed E-state index contributed by atoms with van der Waals surface area (Å²) < 4.78 is 17.5. The Morgan fingerprint density at radius 1 is 1.45 bits per heavy atom. The van der Waals surface area contributed by atoms with Gasteiger partial charge in [-0.05, 0) is 17.7 Å². The van der Waals surface area contributed by atoms with Gasteiger partial charge in [0.25, 0.3) is 5.56 Å². The third kappa shape index (κ3) is 4.57. The average molecular weight is 343 g/mol. The fourth-order valence-corrected chi connectivity index (χ4v) is 2.86. The van der Waals surface area contributed by atoms with Crippen molar-refractivity contribution in [1.82, 2.24) is 9.97 Å². The third-order valence-electron chi connectivity index (χ3n) is 2.71. The first-order chi connectivity index (χ1) is 10.5. The summed E-state index contributed by atoms with van der Waals surface area (Å²) >= 11 is 7.17. The molecule has 1 aromatic carbocycles. The van der Waals surface area contributed by atoms with Crippen LogP contribution in [0.25, 0.3) is 0 Å². The molecule has 8 heteroatoms. The van der Waals surface area contributed by atoms with Crippen LogP contribution < -0.4 is 5.56 Å². The molecule has 1 aromatic heterocycles. The standard InChI is InChI=1S/C14H12ClFN2O3S/c1-21-13(20)6-10-5-12(19)18-14(17-10)22-7-8-2-3-9(16)4-11(8)15/h2-5H,6-7H2,1H3,(H,17,18,19). The molecule has 0 saturated carbocycles. The molecule has 0 saturated heterocycles. The van der Waals surface area contributed by atoms with Crippen molar-refractivity contribution in [3.05, 3.63) is 56.7 Å². The number of methoxy groups -OCH3 is 1. The number of rotatable bonds is 5. The lowest BCUT2D eigenvalue weighted by Gasteiger charge is -2.05. The van der Waals surface area contributed by atoms with Crippen LogP contribution in [0.4, 0.5) is 4.39 Å². The van der Waals surface area contributed by atoms with Crippen molar-refractivity contribution >= 4 is 29.3 Å². The highest BCUT2D eigenvalue weighted by atomic mass is 35.5. The zero-order chi connectivity index (χ0) is 16.1. The maximum atomic E-state index is 13.0. The van der Waals surface area contributed by atoms with Gasteiger partial charge in [-0.15, -0.1) is 0 Å². The third-order valence-corrected chi connectivity index (χ3v) is 3.98. The van der Waals surface area contributed by atoms with Crippen molar-refractivity contribution < 1.29 is 13.9 Å². The molecule has 5 nitrogen and oxygen atoms in total. The Morgan fingerprint density at radius 3 is 2.91 bits per heavy atom. The quantitative estimate of drug-likeness (QED) is 0.513. The van der Waals surface area contributed by atoms with Gasteiger partial charge in [0.15, 0.2) is 5.16 Å². The minimum atomic E-state index is -0.476. The van der Waals surface area contributed by atoms with Crippen LogP contribution in [0.15, 0.2) is 34.2 Å². The molecule has 0 bridgehead atoms. The number of nitrogens with zero attached hydrogens (tertiary/aromatic N) is 1. The number of benzene rings is 1. The zero-order valence-corrected chi connectivity index (χ0v) is 13.1. The molecule has 22 heavy (non-hydrogen) atoms. The van der Waals surface area contributed by atoms with Crippen LogP contribution in [0, 0.1) is 5.82 Å². The zero-order valence-electron chi connectivity index (χ0n) is 11.6. The number of H-pyrrole nitrogens is 1. The number of aromatic nitrogens is 2. The van der Waals surface area contributed by atoms with Crippen LogP contribution >= 0.6 is 23.4 Å². The summed E-state index contributed by atoms with van der Waals surface area (Å²) in [5.74, 6) is -0.481. The second-order valence-corrected chi connectivity index (χ2v) is 5.69. The van der Waals surface area contributed by atoms with Gasteiger partial charge < -0.3 is 9.72 Å². The normalized spacial score (nSPS) is 10.5. The van der Waals surface area contributed by atoms with Gasteiger partial charge in [-0.2, -0.15) is 0 Å². The van der Waals surface area contributed by atoms with Crippen molar-refractivity contribution in [3.8, 4) is 0 Å². The summed E-state index contributed by atoms with van der Waals surface area (Å²) in [4.78, 5) is 29.5. The van der Waals surface area contributed by atoms with Gasteiger partial charge in [-0.25, -0.2) is 9.37 Å². The van der Waals surface area contributed by atoms with E-state index in [1.807, 2.05) is 0 Å². The smallest absolute Gasteiger partial charge is 0.311 e. The van der Waals surface area contributed by atoms with E-state index in [9.17, 15) is 14.0 Å². The Labute approximate surface area is 134 Å². The van der Waals surface area contributed by atoms with E-state index in [4.69, 9.17) is 11.6 Å². The Balaban J connectivity index is 2.12. The van der Waals surface area contributed by atoms with Crippen LogP contribution in [-0.2, 0) is 21.7 Å². The van der Waals surface area contributed by atoms with E-state index in [-0.39, 0.29) is 12.0 Å². The fourth-order valence-electron chi connectivity index (χ4n) is 1.65. The molecule has 2 aromatic rings. The number of halogens is 2. The maximum absolute atomic E-state index is 13.0. The Bertz CT molecular complexity index is 751. The Kier molecular flexibility index (Phi) is 5.57. The Morgan fingerprint density at radius 2 is 2.23 bits per heavy atom. The lowest BCUT2D eigenvalue weighted by atomic mass is 10.2. The SMILES string of the molecule is COC(=O)Cc1cc(=O)[nH]c(SCc2ccc(F)cc2Cl)n1. The monoisotopic (exact) mass is 342 g/mol. The lowest BCUT2D eigenvalue weighted by Crippen LogP contribution is -2.13. The molecule has 0 aliphatic carbocycles. The number of aromatic amines is 1. The van der Waals surface area contributed by atoms with Gasteiger partial charge in [-0.3, -0.25) is 9.59 Å². The molecule has 0 fully saturated rings. The Hall–Kier alpha value is -1.86. The van der Waals surface area contributed by atoms with Gasteiger partial charge in [0.1, 0.15) is 5.82 Å². The highest BCUT2D eigenvalue weighted by molar-refractivity contribution is 7.98. The molecule has 0 aliphatic rings. The summed E-state index contributed by atoms with van der Waals surface area (Å²) in [7, 11) is 1.27. The minimum absolute atomic E-state index is 0.0781. The number of hydrogen-bond donors (Lipinski definition) is 1. The first-order valence-electron chi connectivity index (χ1n) is 6.21. The van der Waals surface area contributed by atoms with E-state index in [2.05, 4.69) is 14.7 Å². The number of thioether (sulfide) groups is 1. The van der Waals surface area contributed by atoms with Crippen LogP contribution in [0.5, 0.6) is 0 Å². The van der Waals surface area contributed by atoms with E-state index in [1.165, 1.54) is 37.1 Å². The van der Waals surface area contributed by atoms with Gasteiger partial charge in [0, 0.05) is 16.8 Å². The molecule has 1 heterocycles. The number of hydrogen-bond acceptors (Lipinski definition) is 5. The molecule has 116 valence electrons. The molecule has 0 aliphatic heterocycles. The van der Waals surface area contributed by atoms with Crippen molar-refractivity contribution in [2.75, 3.05) is 7.11 Å². The van der Waals surface area contributed by atoms with Crippen molar-refractivity contribution in [1.29, 1.82) is 0 Å². The van der Waals surface area contributed by atoms with Crippen molar-refractivity contribution in [3.63, 3.8) is 0 Å². The first kappa shape index (κ1) is 16.5. The first-order valence-corrected chi connectivity index (χ1v) is 7.58. The summed E-state index contributed by atoms with van der Waals surface area (Å²) in [5.41, 5.74) is 0.680.